The van der Waals surface area contributed by atoms with Gasteiger partial charge in [-0.1, -0.05) is 21.0 Å². The van der Waals surface area contributed by atoms with Crippen LogP contribution in [0.15, 0.2) is 110 Å². The molecule has 0 aliphatic rings. The molecular weight excluding hydrogens is 636 g/mol. The van der Waals surface area contributed by atoms with Crippen LogP contribution in [0.3, 0.4) is 0 Å². The number of halogens is 1. The molecule has 6 heterocycles. The minimum absolute atomic E-state index is 0.0787. The van der Waals surface area contributed by atoms with E-state index in [0.717, 1.165) is 23.0 Å². The highest BCUT2D eigenvalue weighted by Crippen LogP contribution is 2.07. The van der Waals surface area contributed by atoms with Gasteiger partial charge < -0.3 is 26.0 Å². The van der Waals surface area contributed by atoms with Gasteiger partial charge in [0.15, 0.2) is 0 Å². The molecule has 0 bridgehead atoms. The number of pyridine rings is 3. The summed E-state index contributed by atoms with van der Waals surface area (Å²) in [5.74, 6) is 0.336. The number of rotatable bonds is 7. The second-order valence-electron chi connectivity index (χ2n) is 8.47. The average molecular weight is 663 g/mol. The molecule has 0 atom stereocenters. The van der Waals surface area contributed by atoms with Crippen LogP contribution >= 0.6 is 15.9 Å². The maximum Gasteiger partial charge on any atom is 0.389 e. The van der Waals surface area contributed by atoms with Crippen molar-refractivity contribution in [1.82, 2.24) is 44.7 Å². The predicted molar refractivity (Wildman–Crippen MR) is 164 cm³/mol. The van der Waals surface area contributed by atoms with Crippen molar-refractivity contribution in [3.8, 4) is 0 Å². The van der Waals surface area contributed by atoms with Gasteiger partial charge in [0.2, 0.25) is 0 Å². The fourth-order valence-electron chi connectivity index (χ4n) is 3.17. The number of alkyl halides is 1. The topological polar surface area (TPSA) is 215 Å². The lowest BCUT2D eigenvalue weighted by Gasteiger charge is -1.99. The van der Waals surface area contributed by atoms with Crippen LogP contribution in [0.25, 0.3) is 0 Å². The van der Waals surface area contributed by atoms with Crippen molar-refractivity contribution in [2.45, 2.75) is 18.4 Å². The van der Waals surface area contributed by atoms with E-state index in [1.807, 2.05) is 42.6 Å². The predicted octanol–water partition coefficient (Wildman–Crippen LogP) is 4.44. The third kappa shape index (κ3) is 12.0. The standard InChI is InChI=1S/C9H8N4O2.C9H10N4.C6H6BrN.C3H3N3O2/c14-13(15)9-3-6-12(11-9)7-8-1-4-10-5-2-8;10-9-3-6-13(12-9)7-8-1-4-11-5-2-8;7-5-6-1-3-8-4-2-6;7-6(8)3-1-2-4-5-3/h1-6H,7H2;1-6H,7H2,(H2,10,12);1-4H,5H2;1-2H,(H,4,5). The second-order valence-corrected chi connectivity index (χ2v) is 9.03. The Kier molecular flexibility index (Phi) is 13.3. The Labute approximate surface area is 259 Å². The number of hydrogen-bond donors (Lipinski definition) is 2. The SMILES string of the molecule is BrCc1ccncc1.Nc1ccn(Cc2ccncc2)n1.O=[N+]([O-])c1ccn(Cc2ccncc2)n1.O=[N+]([O-])c1ccn[nH]1. The number of aromatic nitrogens is 9. The first-order valence-electron chi connectivity index (χ1n) is 12.7. The summed E-state index contributed by atoms with van der Waals surface area (Å²) in [7, 11) is 0. The maximum atomic E-state index is 10.4. The second kappa shape index (κ2) is 17.9. The third-order valence-corrected chi connectivity index (χ3v) is 5.90. The highest BCUT2D eigenvalue weighted by molar-refractivity contribution is 9.08. The monoisotopic (exact) mass is 662 g/mol. The van der Waals surface area contributed by atoms with Gasteiger partial charge >= 0.3 is 11.6 Å². The molecule has 6 aromatic heterocycles. The van der Waals surface area contributed by atoms with Gasteiger partial charge in [0.05, 0.1) is 42.7 Å². The molecule has 0 fully saturated rings. The van der Waals surface area contributed by atoms with Crippen molar-refractivity contribution in [2.75, 3.05) is 5.73 Å². The van der Waals surface area contributed by atoms with Gasteiger partial charge in [-0.2, -0.15) is 9.78 Å². The van der Waals surface area contributed by atoms with Crippen LogP contribution in [-0.2, 0) is 18.4 Å². The molecule has 0 aliphatic carbocycles. The normalized spacial score (nSPS) is 9.75. The number of nitro groups is 2. The largest absolute Gasteiger partial charge is 0.389 e. The number of nitrogens with one attached hydrogen (secondary N) is 1. The zero-order valence-corrected chi connectivity index (χ0v) is 24.7. The first kappa shape index (κ1) is 32.7. The van der Waals surface area contributed by atoms with E-state index in [2.05, 4.69) is 51.3 Å². The number of aromatic amines is 1. The third-order valence-electron chi connectivity index (χ3n) is 5.25. The smallest absolute Gasteiger partial charge is 0.382 e. The van der Waals surface area contributed by atoms with Crippen molar-refractivity contribution in [3.63, 3.8) is 0 Å². The Balaban J connectivity index is 0.000000166. The Morgan fingerprint density at radius 2 is 1.18 bits per heavy atom. The first-order chi connectivity index (χ1) is 21.3. The average Bonchev–Trinajstić information content (AvgIpc) is 3.83. The number of nitrogens with zero attached hydrogens (tertiary/aromatic N) is 10. The fraction of sp³-hybridized carbons (Fsp3) is 0.111. The van der Waals surface area contributed by atoms with E-state index < -0.39 is 9.85 Å². The van der Waals surface area contributed by atoms with Crippen LogP contribution in [0.2, 0.25) is 0 Å². The number of H-pyrrole nitrogens is 1. The Morgan fingerprint density at radius 1 is 0.682 bits per heavy atom. The van der Waals surface area contributed by atoms with Gasteiger partial charge in [-0.05, 0) is 69.0 Å². The highest BCUT2D eigenvalue weighted by Gasteiger charge is 2.10. The molecule has 0 unspecified atom stereocenters. The molecule has 6 rings (SSSR count). The molecule has 0 radical (unpaired) electrons. The van der Waals surface area contributed by atoms with Crippen LogP contribution in [0.5, 0.6) is 0 Å². The summed E-state index contributed by atoms with van der Waals surface area (Å²) in [6, 6.07) is 16.0. The lowest BCUT2D eigenvalue weighted by Crippen LogP contribution is -2.01. The summed E-state index contributed by atoms with van der Waals surface area (Å²) in [6.45, 7) is 1.25. The van der Waals surface area contributed by atoms with E-state index in [9.17, 15) is 20.2 Å². The lowest BCUT2D eigenvalue weighted by molar-refractivity contribution is -0.389. The molecule has 17 heteroatoms. The quantitative estimate of drug-likeness (QED) is 0.138. The summed E-state index contributed by atoms with van der Waals surface area (Å²) in [6.07, 6.45) is 15.2. The van der Waals surface area contributed by atoms with Crippen molar-refractivity contribution >= 4 is 33.4 Å². The Hall–Kier alpha value is -5.84. The molecule has 16 nitrogen and oxygen atoms in total. The molecule has 44 heavy (non-hydrogen) atoms. The van der Waals surface area contributed by atoms with E-state index >= 15 is 0 Å². The zero-order chi connectivity index (χ0) is 31.6. The number of nitrogens with two attached hydrogens (primary N) is 1. The number of anilines is 1. The van der Waals surface area contributed by atoms with Crippen molar-refractivity contribution in [1.29, 1.82) is 0 Å². The minimum Gasteiger partial charge on any atom is -0.382 e. The van der Waals surface area contributed by atoms with E-state index in [1.54, 1.807) is 54.1 Å². The Bertz CT molecular complexity index is 1670. The molecule has 0 saturated carbocycles. The molecule has 0 spiro atoms. The van der Waals surface area contributed by atoms with Gasteiger partial charge in [0, 0.05) is 48.7 Å². The molecular formula is C27H27BrN12O4. The minimum atomic E-state index is -0.535. The summed E-state index contributed by atoms with van der Waals surface area (Å²) in [5.41, 5.74) is 8.92. The summed E-state index contributed by atoms with van der Waals surface area (Å²) in [4.78, 5) is 30.8. The van der Waals surface area contributed by atoms with E-state index in [0.29, 0.717) is 12.4 Å². The van der Waals surface area contributed by atoms with Crippen LogP contribution in [0.4, 0.5) is 17.5 Å². The first-order valence-corrected chi connectivity index (χ1v) is 13.8. The molecule has 0 saturated heterocycles. The number of nitrogen functional groups attached to an aromatic ring is 1. The van der Waals surface area contributed by atoms with Crippen LogP contribution < -0.4 is 5.73 Å². The van der Waals surface area contributed by atoms with Gasteiger partial charge in [-0.3, -0.25) is 19.6 Å². The van der Waals surface area contributed by atoms with Gasteiger partial charge in [-0.25, -0.2) is 0 Å². The maximum absolute atomic E-state index is 10.4. The summed E-state index contributed by atoms with van der Waals surface area (Å²) >= 11 is 3.33. The molecule has 226 valence electrons. The molecule has 3 N–H and O–H groups in total. The summed E-state index contributed by atoms with van der Waals surface area (Å²) < 4.78 is 3.32. The van der Waals surface area contributed by atoms with E-state index in [-0.39, 0.29) is 11.6 Å². The molecule has 0 aromatic carbocycles. The van der Waals surface area contributed by atoms with E-state index in [4.69, 9.17) is 5.73 Å². The number of hydrogen-bond acceptors (Lipinski definition) is 11. The molecule has 0 aliphatic heterocycles. The Morgan fingerprint density at radius 3 is 1.52 bits per heavy atom. The van der Waals surface area contributed by atoms with Crippen LogP contribution in [0.1, 0.15) is 16.7 Å². The summed E-state index contributed by atoms with van der Waals surface area (Å²) in [5, 5.41) is 34.5. The van der Waals surface area contributed by atoms with Gasteiger partial charge in [-0.15, -0.1) is 5.10 Å². The molecule has 0 amide bonds. The van der Waals surface area contributed by atoms with Crippen LogP contribution in [0, 0.1) is 20.2 Å². The zero-order valence-electron chi connectivity index (χ0n) is 23.1. The van der Waals surface area contributed by atoms with Gasteiger partial charge in [0.1, 0.15) is 5.82 Å². The highest BCUT2D eigenvalue weighted by atomic mass is 79.9. The molecule has 6 aromatic rings. The van der Waals surface area contributed by atoms with Crippen LogP contribution in [-0.4, -0.2) is 54.6 Å². The van der Waals surface area contributed by atoms with E-state index in [1.165, 1.54) is 28.6 Å². The van der Waals surface area contributed by atoms with Crippen molar-refractivity contribution < 1.29 is 9.85 Å². The fourth-order valence-corrected chi connectivity index (χ4v) is 3.55. The van der Waals surface area contributed by atoms with Crippen molar-refractivity contribution in [3.05, 3.63) is 147 Å². The van der Waals surface area contributed by atoms with Gasteiger partial charge in [0.25, 0.3) is 0 Å². The van der Waals surface area contributed by atoms with Crippen molar-refractivity contribution in [2.24, 2.45) is 0 Å². The lowest BCUT2D eigenvalue weighted by atomic mass is 10.3.